The molecule has 2 heteroatoms. The van der Waals surface area contributed by atoms with E-state index in [4.69, 9.17) is 0 Å². The molecule has 1 N–H and O–H groups in total. The van der Waals surface area contributed by atoms with Crippen molar-refractivity contribution in [1.82, 2.24) is 0 Å². The topological polar surface area (TPSA) is 15.3 Å². The van der Waals surface area contributed by atoms with Crippen molar-refractivity contribution in [3.05, 3.63) is 254 Å². The first-order chi connectivity index (χ1) is 28.2. The van der Waals surface area contributed by atoms with Gasteiger partial charge in [0.2, 0.25) is 0 Å². The minimum Gasteiger partial charge on any atom is -0.356 e. The molecule has 0 aliphatic rings. The summed E-state index contributed by atoms with van der Waals surface area (Å²) in [5.41, 5.74) is 15.7. The van der Waals surface area contributed by atoms with Gasteiger partial charge in [-0.15, -0.1) is 0 Å². The molecule has 0 saturated carbocycles. The SMILES string of the molecule is C.C.C.C.c1ccc(-c2ccc(Nc3ccc(-c4ccccc4)cc3)cc2)cc1.c1ccc(CN(c2ccc(-c3ccccc3)cc2)c2ccc(-c3ccccc3)cc2)cc1. The Bertz CT molecular complexity index is 2370. The lowest BCUT2D eigenvalue weighted by atomic mass is 10.0. The van der Waals surface area contributed by atoms with Gasteiger partial charge in [0.1, 0.15) is 0 Å². The van der Waals surface area contributed by atoms with Crippen molar-refractivity contribution in [2.75, 3.05) is 10.2 Å². The van der Waals surface area contributed by atoms with Crippen LogP contribution in [0.1, 0.15) is 35.3 Å². The third-order valence-corrected chi connectivity index (χ3v) is 10.0. The largest absolute Gasteiger partial charge is 0.356 e. The highest BCUT2D eigenvalue weighted by Gasteiger charge is 2.12. The van der Waals surface area contributed by atoms with Crippen LogP contribution in [0.4, 0.5) is 22.7 Å². The number of hydrogen-bond donors (Lipinski definition) is 1. The summed E-state index contributed by atoms with van der Waals surface area (Å²) >= 11 is 0. The van der Waals surface area contributed by atoms with Gasteiger partial charge in [-0.2, -0.15) is 0 Å². The summed E-state index contributed by atoms with van der Waals surface area (Å²) < 4.78 is 0. The van der Waals surface area contributed by atoms with Gasteiger partial charge in [-0.1, -0.05) is 230 Å². The highest BCUT2D eigenvalue weighted by atomic mass is 15.1. The summed E-state index contributed by atoms with van der Waals surface area (Å²) in [6, 6.07) is 87.3. The number of anilines is 4. The Morgan fingerprint density at radius 2 is 0.475 bits per heavy atom. The Morgan fingerprint density at radius 3 is 0.754 bits per heavy atom. The molecular formula is C59H60N2. The second-order valence-electron chi connectivity index (χ2n) is 13.9. The van der Waals surface area contributed by atoms with E-state index in [1.54, 1.807) is 0 Å². The van der Waals surface area contributed by atoms with Crippen molar-refractivity contribution in [3.63, 3.8) is 0 Å². The summed E-state index contributed by atoms with van der Waals surface area (Å²) in [7, 11) is 0. The summed E-state index contributed by atoms with van der Waals surface area (Å²) in [4.78, 5) is 2.37. The predicted octanol–water partition coefficient (Wildman–Crippen LogP) is 17.7. The predicted molar refractivity (Wildman–Crippen MR) is 270 cm³/mol. The van der Waals surface area contributed by atoms with Gasteiger partial charge in [0, 0.05) is 29.3 Å². The van der Waals surface area contributed by atoms with Crippen molar-refractivity contribution in [1.29, 1.82) is 0 Å². The molecule has 0 spiro atoms. The lowest BCUT2D eigenvalue weighted by Crippen LogP contribution is -2.16. The van der Waals surface area contributed by atoms with Crippen molar-refractivity contribution in [2.24, 2.45) is 0 Å². The second-order valence-corrected chi connectivity index (χ2v) is 13.9. The first kappa shape index (κ1) is 46.3. The fourth-order valence-electron chi connectivity index (χ4n) is 6.95. The maximum atomic E-state index is 3.46. The standard InChI is InChI=1S/C31H25N.C24H19N.4CH4/c1-4-10-25(11-5-1)24-32(30-20-16-28(17-21-30)26-12-6-2-7-13-26)31-22-18-29(19-23-31)27-14-8-3-9-15-27;1-3-7-19(8-4-1)21-11-15-23(16-12-21)25-24-17-13-22(14-18-24)20-9-5-2-6-10-20;;;;/h1-23H,24H2;1-18,25H;4*1H4. The zero-order valence-corrected chi connectivity index (χ0v) is 31.8. The molecule has 0 heterocycles. The molecule has 0 amide bonds. The third kappa shape index (κ3) is 12.3. The van der Waals surface area contributed by atoms with Crippen molar-refractivity contribution < 1.29 is 0 Å². The van der Waals surface area contributed by atoms with Crippen LogP contribution in [0.2, 0.25) is 0 Å². The molecule has 0 fully saturated rings. The third-order valence-electron chi connectivity index (χ3n) is 10.0. The average Bonchev–Trinajstić information content (AvgIpc) is 3.31. The van der Waals surface area contributed by atoms with E-state index in [0.717, 1.165) is 17.9 Å². The summed E-state index contributed by atoms with van der Waals surface area (Å²) in [5.74, 6) is 0. The van der Waals surface area contributed by atoms with E-state index in [1.165, 1.54) is 61.4 Å². The van der Waals surface area contributed by atoms with Gasteiger partial charge >= 0.3 is 0 Å². The normalized spacial score (nSPS) is 9.84. The Hall–Kier alpha value is -7.42. The quantitative estimate of drug-likeness (QED) is 0.148. The van der Waals surface area contributed by atoms with Gasteiger partial charge in [-0.05, 0) is 98.6 Å². The number of benzene rings is 9. The molecule has 0 aliphatic carbocycles. The van der Waals surface area contributed by atoms with E-state index in [-0.39, 0.29) is 29.7 Å². The summed E-state index contributed by atoms with van der Waals surface area (Å²) in [6.07, 6.45) is 0. The Morgan fingerprint density at radius 1 is 0.246 bits per heavy atom. The van der Waals surface area contributed by atoms with Crippen LogP contribution in [0.15, 0.2) is 249 Å². The van der Waals surface area contributed by atoms with Crippen LogP contribution < -0.4 is 10.2 Å². The average molecular weight is 797 g/mol. The van der Waals surface area contributed by atoms with Crippen molar-refractivity contribution in [3.8, 4) is 44.5 Å². The molecule has 0 saturated heterocycles. The van der Waals surface area contributed by atoms with Gasteiger partial charge in [0.05, 0.1) is 0 Å². The minimum atomic E-state index is 0. The van der Waals surface area contributed by atoms with E-state index >= 15 is 0 Å². The van der Waals surface area contributed by atoms with Crippen LogP contribution in [-0.4, -0.2) is 0 Å². The molecule has 9 aromatic carbocycles. The van der Waals surface area contributed by atoms with E-state index in [2.05, 4.69) is 247 Å². The van der Waals surface area contributed by atoms with Crippen LogP contribution in [0.25, 0.3) is 44.5 Å². The van der Waals surface area contributed by atoms with Crippen molar-refractivity contribution in [2.45, 2.75) is 36.3 Å². The van der Waals surface area contributed by atoms with Crippen LogP contribution in [0.3, 0.4) is 0 Å². The van der Waals surface area contributed by atoms with Gasteiger partial charge in [0.15, 0.2) is 0 Å². The molecule has 61 heavy (non-hydrogen) atoms. The first-order valence-electron chi connectivity index (χ1n) is 19.5. The molecule has 306 valence electrons. The van der Waals surface area contributed by atoms with Crippen LogP contribution >= 0.6 is 0 Å². The zero-order valence-electron chi connectivity index (χ0n) is 31.8. The first-order valence-corrected chi connectivity index (χ1v) is 19.5. The number of nitrogens with one attached hydrogen (secondary N) is 1. The fourth-order valence-corrected chi connectivity index (χ4v) is 6.95. The van der Waals surface area contributed by atoms with E-state index in [1.807, 2.05) is 12.1 Å². The fraction of sp³-hybridized carbons (Fsp3) is 0.0847. The maximum absolute atomic E-state index is 3.46. The highest BCUT2D eigenvalue weighted by Crippen LogP contribution is 2.32. The van der Waals surface area contributed by atoms with E-state index in [0.29, 0.717) is 0 Å². The van der Waals surface area contributed by atoms with Crippen LogP contribution in [0.5, 0.6) is 0 Å². The Kier molecular flexibility index (Phi) is 17.6. The Labute approximate surface area is 366 Å². The highest BCUT2D eigenvalue weighted by molar-refractivity contribution is 5.73. The molecule has 9 rings (SSSR count). The molecule has 9 aromatic rings. The van der Waals surface area contributed by atoms with Crippen molar-refractivity contribution >= 4 is 22.7 Å². The monoisotopic (exact) mass is 796 g/mol. The maximum Gasteiger partial charge on any atom is 0.0481 e. The summed E-state index contributed by atoms with van der Waals surface area (Å²) in [5, 5.41) is 3.46. The smallest absolute Gasteiger partial charge is 0.0481 e. The van der Waals surface area contributed by atoms with Gasteiger partial charge in [0.25, 0.3) is 0 Å². The van der Waals surface area contributed by atoms with Gasteiger partial charge < -0.3 is 10.2 Å². The molecule has 0 atom stereocenters. The van der Waals surface area contributed by atoms with E-state index < -0.39 is 0 Å². The number of hydrogen-bond acceptors (Lipinski definition) is 2. The number of nitrogens with zero attached hydrogens (tertiary/aromatic N) is 1. The summed E-state index contributed by atoms with van der Waals surface area (Å²) in [6.45, 7) is 0.816. The van der Waals surface area contributed by atoms with Gasteiger partial charge in [-0.3, -0.25) is 0 Å². The molecule has 2 nitrogen and oxygen atoms in total. The molecule has 0 unspecified atom stereocenters. The van der Waals surface area contributed by atoms with Crippen LogP contribution in [-0.2, 0) is 6.54 Å². The van der Waals surface area contributed by atoms with E-state index in [9.17, 15) is 0 Å². The molecular weight excluding hydrogens is 737 g/mol. The second kappa shape index (κ2) is 23.2. The van der Waals surface area contributed by atoms with Gasteiger partial charge in [-0.25, -0.2) is 0 Å². The number of rotatable bonds is 10. The zero-order chi connectivity index (χ0) is 38.5. The molecule has 0 bridgehead atoms. The molecule has 0 radical (unpaired) electrons. The Balaban J connectivity index is 0.000000258. The minimum absolute atomic E-state index is 0. The van der Waals surface area contributed by atoms with Crippen LogP contribution in [0, 0.1) is 0 Å². The lowest BCUT2D eigenvalue weighted by molar-refractivity contribution is 0.976. The lowest BCUT2D eigenvalue weighted by Gasteiger charge is -2.26. The molecule has 0 aromatic heterocycles. The molecule has 0 aliphatic heterocycles.